The highest BCUT2D eigenvalue weighted by Gasteiger charge is 2.19. The van der Waals surface area contributed by atoms with Crippen LogP contribution in [0.1, 0.15) is 6.92 Å². The summed E-state index contributed by atoms with van der Waals surface area (Å²) >= 11 is 0. The molecule has 11 heavy (non-hydrogen) atoms. The Bertz CT molecular complexity index is 142. The molecule has 1 aliphatic rings. The molecule has 0 aromatic heterocycles. The van der Waals surface area contributed by atoms with E-state index in [1.807, 2.05) is 6.92 Å². The summed E-state index contributed by atoms with van der Waals surface area (Å²) in [5.74, 6) is 0. The predicted molar refractivity (Wildman–Crippen MR) is 45.9 cm³/mol. The van der Waals surface area contributed by atoms with Crippen molar-refractivity contribution in [2.24, 2.45) is 5.73 Å². The number of rotatable bonds is 0. The molecule has 1 fully saturated rings. The van der Waals surface area contributed by atoms with Gasteiger partial charge in [0.2, 0.25) is 0 Å². The maximum atomic E-state index is 10.7. The molecule has 5 heteroatoms. The summed E-state index contributed by atoms with van der Waals surface area (Å²) in [6.07, 6.45) is 0. The smallest absolute Gasteiger partial charge is 0.315 e. The van der Waals surface area contributed by atoms with Gasteiger partial charge in [0.1, 0.15) is 0 Å². The first kappa shape index (κ1) is 10.5. The van der Waals surface area contributed by atoms with Gasteiger partial charge in [0.15, 0.2) is 0 Å². The average Bonchev–Trinajstić information content (AvgIpc) is 1.88. The van der Waals surface area contributed by atoms with Crippen LogP contribution in [0.2, 0.25) is 0 Å². The number of halogens is 1. The number of amides is 2. The minimum Gasteiger partial charge on any atom is -0.351 e. The lowest BCUT2D eigenvalue weighted by Crippen LogP contribution is -2.53. The molecule has 1 heterocycles. The van der Waals surface area contributed by atoms with Gasteiger partial charge >= 0.3 is 6.03 Å². The number of nitrogens with zero attached hydrogens (tertiary/aromatic N) is 1. The van der Waals surface area contributed by atoms with Crippen molar-refractivity contribution in [3.05, 3.63) is 0 Å². The third-order valence-corrected chi connectivity index (χ3v) is 1.78. The van der Waals surface area contributed by atoms with E-state index in [9.17, 15) is 4.79 Å². The first-order chi connectivity index (χ1) is 4.72. The lowest BCUT2D eigenvalue weighted by atomic mass is 10.2. The molecule has 1 saturated heterocycles. The normalized spacial score (nSPS) is 24.1. The summed E-state index contributed by atoms with van der Waals surface area (Å²) in [4.78, 5) is 12.4. The predicted octanol–water partition coefficient (Wildman–Crippen LogP) is -0.219. The summed E-state index contributed by atoms with van der Waals surface area (Å²) in [5.41, 5.74) is 5.12. The molecule has 1 aliphatic heterocycles. The lowest BCUT2D eigenvalue weighted by Gasteiger charge is -2.32. The van der Waals surface area contributed by atoms with Gasteiger partial charge in [-0.05, 0) is 6.92 Å². The molecule has 1 rings (SSSR count). The molecule has 0 radical (unpaired) electrons. The Morgan fingerprint density at radius 3 is 2.73 bits per heavy atom. The van der Waals surface area contributed by atoms with E-state index in [0.29, 0.717) is 0 Å². The highest BCUT2D eigenvalue weighted by atomic mass is 35.5. The van der Waals surface area contributed by atoms with Crippen molar-refractivity contribution < 1.29 is 4.79 Å². The number of nitrogens with two attached hydrogens (primary N) is 1. The van der Waals surface area contributed by atoms with Crippen LogP contribution < -0.4 is 11.1 Å². The van der Waals surface area contributed by atoms with Crippen LogP contribution in [-0.2, 0) is 0 Å². The first-order valence-electron chi connectivity index (χ1n) is 3.48. The molecule has 66 valence electrons. The standard InChI is InChI=1S/C6H13N3O.ClH/c1-5-4-8-2-3-9(5)6(7)10;/h5,8H,2-4H2,1H3,(H2,7,10);1H/t5-;/m1./s1. The second-order valence-corrected chi connectivity index (χ2v) is 2.58. The van der Waals surface area contributed by atoms with Gasteiger partial charge in [-0.3, -0.25) is 0 Å². The monoisotopic (exact) mass is 179 g/mol. The molecule has 0 aromatic carbocycles. The van der Waals surface area contributed by atoms with Crippen LogP contribution in [0.25, 0.3) is 0 Å². The fourth-order valence-electron chi connectivity index (χ4n) is 1.17. The SMILES string of the molecule is C[C@@H]1CNCCN1C(N)=O.Cl. The molecule has 0 aromatic rings. The molecule has 3 N–H and O–H groups in total. The zero-order valence-corrected chi connectivity index (χ0v) is 7.36. The largest absolute Gasteiger partial charge is 0.351 e. The molecule has 0 spiro atoms. The van der Waals surface area contributed by atoms with Crippen LogP contribution in [0.5, 0.6) is 0 Å². The molecule has 2 amide bonds. The fourth-order valence-corrected chi connectivity index (χ4v) is 1.17. The Kier molecular flexibility index (Phi) is 4.22. The van der Waals surface area contributed by atoms with Crippen LogP contribution in [0.15, 0.2) is 0 Å². The Morgan fingerprint density at radius 1 is 1.73 bits per heavy atom. The second kappa shape index (κ2) is 4.41. The van der Waals surface area contributed by atoms with Gasteiger partial charge in [0.05, 0.1) is 0 Å². The molecule has 1 atom stereocenters. The van der Waals surface area contributed by atoms with Crippen LogP contribution in [-0.4, -0.2) is 36.6 Å². The number of nitrogens with one attached hydrogen (secondary N) is 1. The number of hydrogen-bond donors (Lipinski definition) is 2. The van der Waals surface area contributed by atoms with E-state index in [-0.39, 0.29) is 24.5 Å². The van der Waals surface area contributed by atoms with Crippen molar-refractivity contribution in [2.75, 3.05) is 19.6 Å². The Labute approximate surface area is 72.5 Å². The lowest BCUT2D eigenvalue weighted by molar-refractivity contribution is 0.173. The highest BCUT2D eigenvalue weighted by molar-refractivity contribution is 5.85. The van der Waals surface area contributed by atoms with E-state index in [1.54, 1.807) is 4.90 Å². The number of urea groups is 1. The van der Waals surface area contributed by atoms with Crippen LogP contribution in [0.3, 0.4) is 0 Å². The Hall–Kier alpha value is -0.480. The number of primary amides is 1. The summed E-state index contributed by atoms with van der Waals surface area (Å²) in [7, 11) is 0. The van der Waals surface area contributed by atoms with Crippen molar-refractivity contribution in [3.8, 4) is 0 Å². The fraction of sp³-hybridized carbons (Fsp3) is 0.833. The van der Waals surface area contributed by atoms with Crippen LogP contribution in [0, 0.1) is 0 Å². The summed E-state index contributed by atoms with van der Waals surface area (Å²) in [6, 6.07) is -0.0692. The van der Waals surface area contributed by atoms with Crippen molar-refractivity contribution in [1.29, 1.82) is 0 Å². The van der Waals surface area contributed by atoms with Gasteiger partial charge in [-0.1, -0.05) is 0 Å². The molecule has 0 aliphatic carbocycles. The number of piperazine rings is 1. The van der Waals surface area contributed by atoms with E-state index in [1.165, 1.54) is 0 Å². The Balaban J connectivity index is 0.000001000. The van der Waals surface area contributed by atoms with E-state index < -0.39 is 0 Å². The van der Waals surface area contributed by atoms with Crippen molar-refractivity contribution in [1.82, 2.24) is 10.2 Å². The summed E-state index contributed by atoms with van der Waals surface area (Å²) < 4.78 is 0. The van der Waals surface area contributed by atoms with Crippen LogP contribution in [0.4, 0.5) is 4.79 Å². The maximum absolute atomic E-state index is 10.7. The first-order valence-corrected chi connectivity index (χ1v) is 3.48. The van der Waals surface area contributed by atoms with Gasteiger partial charge in [-0.15, -0.1) is 12.4 Å². The van der Waals surface area contributed by atoms with Gasteiger partial charge < -0.3 is 16.0 Å². The van der Waals surface area contributed by atoms with Gasteiger partial charge in [-0.2, -0.15) is 0 Å². The molecule has 0 bridgehead atoms. The van der Waals surface area contributed by atoms with E-state index in [4.69, 9.17) is 5.73 Å². The van der Waals surface area contributed by atoms with Gasteiger partial charge in [0.25, 0.3) is 0 Å². The highest BCUT2D eigenvalue weighted by Crippen LogP contribution is 2.00. The van der Waals surface area contributed by atoms with Crippen molar-refractivity contribution in [2.45, 2.75) is 13.0 Å². The number of carbonyl (C=O) groups is 1. The minimum atomic E-state index is -0.311. The van der Waals surface area contributed by atoms with Gasteiger partial charge in [0, 0.05) is 25.7 Å². The van der Waals surface area contributed by atoms with Gasteiger partial charge in [-0.25, -0.2) is 4.79 Å². The quantitative estimate of drug-likeness (QED) is 0.540. The molecule has 0 unspecified atom stereocenters. The van der Waals surface area contributed by atoms with E-state index in [0.717, 1.165) is 19.6 Å². The third kappa shape index (κ3) is 2.55. The molecular formula is C6H14ClN3O. The minimum absolute atomic E-state index is 0. The molecular weight excluding hydrogens is 166 g/mol. The average molecular weight is 180 g/mol. The van der Waals surface area contributed by atoms with Crippen molar-refractivity contribution in [3.63, 3.8) is 0 Å². The zero-order chi connectivity index (χ0) is 7.56. The number of carbonyl (C=O) groups excluding carboxylic acids is 1. The zero-order valence-electron chi connectivity index (χ0n) is 6.54. The topological polar surface area (TPSA) is 58.4 Å². The second-order valence-electron chi connectivity index (χ2n) is 2.58. The van der Waals surface area contributed by atoms with E-state index >= 15 is 0 Å². The van der Waals surface area contributed by atoms with Crippen molar-refractivity contribution >= 4 is 18.4 Å². The third-order valence-electron chi connectivity index (χ3n) is 1.78. The molecule has 0 saturated carbocycles. The molecule has 4 nitrogen and oxygen atoms in total. The summed E-state index contributed by atoms with van der Waals surface area (Å²) in [5, 5.41) is 3.17. The Morgan fingerprint density at radius 2 is 2.36 bits per heavy atom. The van der Waals surface area contributed by atoms with Crippen LogP contribution >= 0.6 is 12.4 Å². The summed E-state index contributed by atoms with van der Waals surface area (Å²) in [6.45, 7) is 4.42. The maximum Gasteiger partial charge on any atom is 0.315 e. The number of hydrogen-bond acceptors (Lipinski definition) is 2. The van der Waals surface area contributed by atoms with E-state index in [2.05, 4.69) is 5.32 Å².